The highest BCUT2D eigenvalue weighted by atomic mass is 35.5. The summed E-state index contributed by atoms with van der Waals surface area (Å²) in [5.74, 6) is 0. The van der Waals surface area contributed by atoms with Gasteiger partial charge in [-0.25, -0.2) is 9.59 Å². The first kappa shape index (κ1) is 18.4. The molecule has 0 saturated heterocycles. The van der Waals surface area contributed by atoms with E-state index in [1.54, 1.807) is 18.2 Å². The Morgan fingerprint density at radius 2 is 1.68 bits per heavy atom. The van der Waals surface area contributed by atoms with E-state index in [1.807, 2.05) is 6.92 Å². The molecule has 6 nitrogen and oxygen atoms in total. The normalized spacial score (nSPS) is 13.2. The number of ether oxygens (including phenoxy) is 2. The summed E-state index contributed by atoms with van der Waals surface area (Å²) in [7, 11) is 0. The molecule has 0 saturated carbocycles. The topological polar surface area (TPSA) is 105 Å². The molecule has 4 N–H and O–H groups in total. The lowest BCUT2D eigenvalue weighted by Crippen LogP contribution is -2.33. The molecule has 1 aromatic carbocycles. The number of halogens is 2. The second-order valence-electron chi connectivity index (χ2n) is 4.61. The molecule has 1 aromatic rings. The Hall–Kier alpha value is -1.66. The summed E-state index contributed by atoms with van der Waals surface area (Å²) < 4.78 is 10.2. The molecule has 22 heavy (non-hydrogen) atoms. The third kappa shape index (κ3) is 5.27. The van der Waals surface area contributed by atoms with E-state index in [9.17, 15) is 9.59 Å². The van der Waals surface area contributed by atoms with Gasteiger partial charge in [0.05, 0.1) is 0 Å². The first-order valence-corrected chi connectivity index (χ1v) is 7.48. The second-order valence-corrected chi connectivity index (χ2v) is 5.42. The average Bonchev–Trinajstić information content (AvgIpc) is 2.41. The number of amides is 2. The Balaban J connectivity index is 3.22. The van der Waals surface area contributed by atoms with Crippen molar-refractivity contribution in [3.8, 4) is 0 Å². The number of unbranched alkanes of at least 4 members (excludes halogenated alkanes) is 1. The van der Waals surface area contributed by atoms with Crippen LogP contribution in [-0.2, 0) is 9.47 Å². The van der Waals surface area contributed by atoms with Gasteiger partial charge in [0.2, 0.25) is 0 Å². The molecule has 0 aliphatic rings. The van der Waals surface area contributed by atoms with Crippen LogP contribution in [-0.4, -0.2) is 18.3 Å². The van der Waals surface area contributed by atoms with Crippen molar-refractivity contribution in [2.75, 3.05) is 0 Å². The Labute approximate surface area is 138 Å². The summed E-state index contributed by atoms with van der Waals surface area (Å²) in [6.45, 7) is 1.97. The summed E-state index contributed by atoms with van der Waals surface area (Å²) >= 11 is 12.3. The van der Waals surface area contributed by atoms with Crippen LogP contribution < -0.4 is 11.5 Å². The van der Waals surface area contributed by atoms with Crippen LogP contribution in [0.3, 0.4) is 0 Å². The summed E-state index contributed by atoms with van der Waals surface area (Å²) in [4.78, 5) is 22.3. The molecule has 2 amide bonds. The van der Waals surface area contributed by atoms with Crippen LogP contribution in [0.25, 0.3) is 0 Å². The fourth-order valence-corrected chi connectivity index (χ4v) is 2.67. The molecule has 122 valence electrons. The van der Waals surface area contributed by atoms with Gasteiger partial charge in [-0.3, -0.25) is 0 Å². The third-order valence-corrected chi connectivity index (χ3v) is 3.63. The van der Waals surface area contributed by atoms with E-state index in [-0.39, 0.29) is 10.0 Å². The van der Waals surface area contributed by atoms with Gasteiger partial charge in [-0.05, 0) is 25.0 Å². The van der Waals surface area contributed by atoms with E-state index < -0.39 is 24.4 Å². The van der Waals surface area contributed by atoms with E-state index in [0.717, 1.165) is 12.8 Å². The van der Waals surface area contributed by atoms with E-state index in [2.05, 4.69) is 0 Å². The van der Waals surface area contributed by atoms with Crippen LogP contribution in [0.5, 0.6) is 0 Å². The average molecular weight is 349 g/mol. The Morgan fingerprint density at radius 3 is 2.14 bits per heavy atom. The number of carbonyl (C=O) groups is 2. The maximum atomic E-state index is 11.2. The van der Waals surface area contributed by atoms with Crippen molar-refractivity contribution in [1.29, 1.82) is 0 Å². The minimum absolute atomic E-state index is 0.272. The largest absolute Gasteiger partial charge is 0.442 e. The van der Waals surface area contributed by atoms with Crippen LogP contribution in [0.1, 0.15) is 37.9 Å². The molecule has 0 spiro atoms. The molecule has 0 aromatic heterocycles. The molecule has 8 heteroatoms. The van der Waals surface area contributed by atoms with E-state index in [1.165, 1.54) is 0 Å². The molecule has 0 aliphatic carbocycles. The zero-order valence-corrected chi connectivity index (χ0v) is 13.6. The second kappa shape index (κ2) is 8.70. The smallest absolute Gasteiger partial charge is 0.405 e. The third-order valence-electron chi connectivity index (χ3n) is 2.97. The van der Waals surface area contributed by atoms with Gasteiger partial charge < -0.3 is 20.9 Å². The standard InChI is InChI=1S/C14H18Cl2N2O4/c1-2-3-7-10(21-13(17)19)12(22-14(18)20)11-8(15)5-4-6-9(11)16/h4-6,10,12H,2-3,7H2,1H3,(H2,17,19)(H2,18,20)/t10-,12+/m0/s1. The number of benzene rings is 1. The lowest BCUT2D eigenvalue weighted by atomic mass is 9.99. The number of rotatable bonds is 7. The van der Waals surface area contributed by atoms with Gasteiger partial charge in [-0.2, -0.15) is 0 Å². The van der Waals surface area contributed by atoms with E-state index in [0.29, 0.717) is 12.0 Å². The summed E-state index contributed by atoms with van der Waals surface area (Å²) in [5, 5.41) is 0.543. The van der Waals surface area contributed by atoms with E-state index in [4.69, 9.17) is 44.1 Å². The van der Waals surface area contributed by atoms with Gasteiger partial charge in [0, 0.05) is 15.6 Å². The van der Waals surface area contributed by atoms with Crippen LogP contribution in [0, 0.1) is 0 Å². The van der Waals surface area contributed by atoms with Gasteiger partial charge in [-0.15, -0.1) is 0 Å². The van der Waals surface area contributed by atoms with Crippen molar-refractivity contribution in [3.05, 3.63) is 33.8 Å². The molecule has 0 radical (unpaired) electrons. The van der Waals surface area contributed by atoms with Gasteiger partial charge in [0.15, 0.2) is 6.10 Å². The summed E-state index contributed by atoms with van der Waals surface area (Å²) in [6.07, 6.45) is -1.89. The van der Waals surface area contributed by atoms with Crippen molar-refractivity contribution in [3.63, 3.8) is 0 Å². The highest BCUT2D eigenvalue weighted by Crippen LogP contribution is 2.36. The van der Waals surface area contributed by atoms with Crippen molar-refractivity contribution in [2.24, 2.45) is 11.5 Å². The molecule has 0 aliphatic heterocycles. The van der Waals surface area contributed by atoms with E-state index >= 15 is 0 Å². The van der Waals surface area contributed by atoms with Crippen LogP contribution in [0.2, 0.25) is 10.0 Å². The molecular formula is C14H18Cl2N2O4. The molecule has 0 fully saturated rings. The molecule has 1 rings (SSSR count). The minimum Gasteiger partial charge on any atom is -0.442 e. The zero-order valence-electron chi connectivity index (χ0n) is 12.1. The lowest BCUT2D eigenvalue weighted by molar-refractivity contribution is -0.00958. The Bertz CT molecular complexity index is 519. The number of nitrogens with two attached hydrogens (primary N) is 2. The quantitative estimate of drug-likeness (QED) is 0.781. The van der Waals surface area contributed by atoms with Gasteiger partial charge in [-0.1, -0.05) is 42.6 Å². The van der Waals surface area contributed by atoms with Crippen molar-refractivity contribution < 1.29 is 19.1 Å². The number of hydrogen-bond donors (Lipinski definition) is 2. The maximum Gasteiger partial charge on any atom is 0.405 e. The van der Waals surface area contributed by atoms with Crippen molar-refractivity contribution >= 4 is 35.4 Å². The fraction of sp³-hybridized carbons (Fsp3) is 0.429. The molecule has 0 heterocycles. The first-order chi connectivity index (χ1) is 10.4. The van der Waals surface area contributed by atoms with Crippen LogP contribution >= 0.6 is 23.2 Å². The first-order valence-electron chi connectivity index (χ1n) is 6.72. The minimum atomic E-state index is -1.03. The Kier molecular flexibility index (Phi) is 7.27. The van der Waals surface area contributed by atoms with Crippen molar-refractivity contribution in [1.82, 2.24) is 0 Å². The van der Waals surface area contributed by atoms with Crippen molar-refractivity contribution in [2.45, 2.75) is 38.4 Å². The highest BCUT2D eigenvalue weighted by Gasteiger charge is 2.32. The summed E-state index contributed by atoms with van der Waals surface area (Å²) in [5.41, 5.74) is 10.5. The summed E-state index contributed by atoms with van der Waals surface area (Å²) in [6, 6.07) is 4.81. The SMILES string of the molecule is CCCC[C@H](OC(N)=O)[C@@H](OC(N)=O)c1c(Cl)cccc1Cl. The zero-order chi connectivity index (χ0) is 16.7. The monoisotopic (exact) mass is 348 g/mol. The molecule has 0 unspecified atom stereocenters. The maximum absolute atomic E-state index is 11.2. The molecule has 2 atom stereocenters. The predicted octanol–water partition coefficient (Wildman–Crippen LogP) is 3.78. The predicted molar refractivity (Wildman–Crippen MR) is 83.9 cm³/mol. The molecular weight excluding hydrogens is 331 g/mol. The highest BCUT2D eigenvalue weighted by molar-refractivity contribution is 6.36. The number of hydrogen-bond acceptors (Lipinski definition) is 4. The lowest BCUT2D eigenvalue weighted by Gasteiger charge is -2.27. The van der Waals surface area contributed by atoms with Crippen LogP contribution in [0.15, 0.2) is 18.2 Å². The Morgan fingerprint density at radius 1 is 1.14 bits per heavy atom. The van der Waals surface area contributed by atoms with Gasteiger partial charge in [0.25, 0.3) is 0 Å². The number of carbonyl (C=O) groups excluding carboxylic acids is 2. The molecule has 0 bridgehead atoms. The van der Waals surface area contributed by atoms with Gasteiger partial charge >= 0.3 is 12.2 Å². The number of primary amides is 2. The van der Waals surface area contributed by atoms with Crippen LogP contribution in [0.4, 0.5) is 9.59 Å². The fourth-order valence-electron chi connectivity index (χ4n) is 2.05. The van der Waals surface area contributed by atoms with Gasteiger partial charge in [0.1, 0.15) is 6.10 Å².